The number of benzene rings is 1. The number of nitrogens with one attached hydrogen (secondary N) is 2. The molecule has 0 spiro atoms. The van der Waals surface area contributed by atoms with Crippen LogP contribution < -0.4 is 16.4 Å². The average molecular weight is 239 g/mol. The minimum absolute atomic E-state index is 0.0842. The van der Waals surface area contributed by atoms with Crippen LogP contribution >= 0.6 is 0 Å². The predicted octanol–water partition coefficient (Wildman–Crippen LogP) is -0.329. The Morgan fingerprint density at radius 1 is 1.59 bits per heavy atom. The van der Waals surface area contributed by atoms with Crippen molar-refractivity contribution in [2.24, 2.45) is 5.73 Å². The van der Waals surface area contributed by atoms with Crippen LogP contribution in [0.4, 0.5) is 10.1 Å². The van der Waals surface area contributed by atoms with E-state index in [2.05, 4.69) is 10.6 Å². The van der Waals surface area contributed by atoms with Crippen LogP contribution in [-0.4, -0.2) is 36.2 Å². The van der Waals surface area contributed by atoms with Gasteiger partial charge in [0.25, 0.3) is 5.91 Å². The van der Waals surface area contributed by atoms with E-state index in [9.17, 15) is 14.3 Å². The number of aliphatic hydroxyl groups is 1. The van der Waals surface area contributed by atoms with Crippen molar-refractivity contribution in [1.82, 2.24) is 5.32 Å². The Hall–Kier alpha value is -1.66. The van der Waals surface area contributed by atoms with Crippen LogP contribution in [0.2, 0.25) is 0 Å². The molecule has 1 aliphatic rings. The summed E-state index contributed by atoms with van der Waals surface area (Å²) in [6.45, 7) is 1.27. The summed E-state index contributed by atoms with van der Waals surface area (Å²) < 4.78 is 13.0. The van der Waals surface area contributed by atoms with Gasteiger partial charge in [0, 0.05) is 25.3 Å². The van der Waals surface area contributed by atoms with Gasteiger partial charge in [0.1, 0.15) is 11.4 Å². The van der Waals surface area contributed by atoms with Crippen molar-refractivity contribution in [2.45, 2.75) is 5.60 Å². The van der Waals surface area contributed by atoms with Gasteiger partial charge in [-0.2, -0.15) is 0 Å². The lowest BCUT2D eigenvalue weighted by molar-refractivity contribution is 0.00311. The molecular weight excluding hydrogens is 225 g/mol. The fourth-order valence-electron chi connectivity index (χ4n) is 1.67. The van der Waals surface area contributed by atoms with Crippen molar-refractivity contribution in [2.75, 3.05) is 25.0 Å². The van der Waals surface area contributed by atoms with Gasteiger partial charge in [-0.25, -0.2) is 4.39 Å². The van der Waals surface area contributed by atoms with Gasteiger partial charge in [0.05, 0.1) is 5.56 Å². The zero-order valence-electron chi connectivity index (χ0n) is 9.16. The molecule has 1 fully saturated rings. The van der Waals surface area contributed by atoms with Crippen LogP contribution in [0.1, 0.15) is 10.4 Å². The molecule has 0 atom stereocenters. The van der Waals surface area contributed by atoms with E-state index < -0.39 is 17.3 Å². The molecule has 0 bridgehead atoms. The molecule has 1 aromatic carbocycles. The Kier molecular flexibility index (Phi) is 2.99. The molecule has 5 nitrogen and oxygen atoms in total. The highest BCUT2D eigenvalue weighted by Gasteiger charge is 2.34. The lowest BCUT2D eigenvalue weighted by atomic mass is 9.97. The van der Waals surface area contributed by atoms with Gasteiger partial charge in [-0.05, 0) is 18.2 Å². The van der Waals surface area contributed by atoms with Crippen LogP contribution in [0.15, 0.2) is 18.2 Å². The van der Waals surface area contributed by atoms with Crippen molar-refractivity contribution in [3.05, 3.63) is 29.6 Å². The van der Waals surface area contributed by atoms with Crippen molar-refractivity contribution < 1.29 is 14.3 Å². The molecule has 0 saturated carbocycles. The van der Waals surface area contributed by atoms with Crippen molar-refractivity contribution in [3.63, 3.8) is 0 Å². The van der Waals surface area contributed by atoms with E-state index in [1.807, 2.05) is 0 Å². The molecule has 1 amide bonds. The topological polar surface area (TPSA) is 87.4 Å². The first-order valence-electron chi connectivity index (χ1n) is 5.26. The van der Waals surface area contributed by atoms with E-state index in [0.717, 1.165) is 6.07 Å². The number of carbonyl (C=O) groups excluding carboxylic acids is 1. The van der Waals surface area contributed by atoms with Crippen LogP contribution in [0, 0.1) is 5.82 Å². The Balaban J connectivity index is 2.12. The summed E-state index contributed by atoms with van der Waals surface area (Å²) in [5.41, 5.74) is 4.85. The minimum atomic E-state index is -0.816. The van der Waals surface area contributed by atoms with Crippen molar-refractivity contribution in [1.29, 1.82) is 0 Å². The molecule has 1 saturated heterocycles. The molecule has 1 aromatic rings. The molecule has 5 N–H and O–H groups in total. The molecule has 0 radical (unpaired) electrons. The normalized spacial score (nSPS) is 17.3. The smallest absolute Gasteiger partial charge is 0.250 e. The molecule has 6 heteroatoms. The van der Waals surface area contributed by atoms with Gasteiger partial charge < -0.3 is 21.5 Å². The lowest BCUT2D eigenvalue weighted by Crippen LogP contribution is -2.63. The number of β-amino-alcohol motifs (C(OH)–C–C–N with tert-alkyl or cyclic N) is 1. The third-order valence-electron chi connectivity index (χ3n) is 2.76. The SMILES string of the molecule is NC(=O)c1cc(F)ccc1NCC1(O)CNC1. The maximum atomic E-state index is 13.0. The monoisotopic (exact) mass is 239 g/mol. The first kappa shape index (κ1) is 11.8. The molecular formula is C11H14FN3O2. The fraction of sp³-hybridized carbons (Fsp3) is 0.364. The summed E-state index contributed by atoms with van der Waals surface area (Å²) >= 11 is 0. The molecule has 2 rings (SSSR count). The quantitative estimate of drug-likeness (QED) is 0.579. The first-order valence-corrected chi connectivity index (χ1v) is 5.26. The first-order chi connectivity index (χ1) is 8.00. The fourth-order valence-corrected chi connectivity index (χ4v) is 1.67. The summed E-state index contributed by atoms with van der Waals surface area (Å²) in [4.78, 5) is 11.1. The third-order valence-corrected chi connectivity index (χ3v) is 2.76. The highest BCUT2D eigenvalue weighted by Crippen LogP contribution is 2.18. The van der Waals surface area contributed by atoms with E-state index in [0.29, 0.717) is 18.8 Å². The summed E-state index contributed by atoms with van der Waals surface area (Å²) in [6.07, 6.45) is 0. The van der Waals surface area contributed by atoms with E-state index >= 15 is 0 Å². The maximum Gasteiger partial charge on any atom is 0.250 e. The number of anilines is 1. The number of rotatable bonds is 4. The molecule has 0 aliphatic carbocycles. The van der Waals surface area contributed by atoms with Crippen LogP contribution in [0.25, 0.3) is 0 Å². The second-order valence-electron chi connectivity index (χ2n) is 4.24. The highest BCUT2D eigenvalue weighted by atomic mass is 19.1. The number of amides is 1. The van der Waals surface area contributed by atoms with Crippen molar-refractivity contribution in [3.8, 4) is 0 Å². The van der Waals surface area contributed by atoms with E-state index in [-0.39, 0.29) is 12.1 Å². The number of hydrogen-bond acceptors (Lipinski definition) is 4. The van der Waals surface area contributed by atoms with E-state index in [4.69, 9.17) is 5.73 Å². The summed E-state index contributed by atoms with van der Waals surface area (Å²) in [5.74, 6) is -1.22. The molecule has 0 aromatic heterocycles. The van der Waals surface area contributed by atoms with Crippen LogP contribution in [-0.2, 0) is 0 Å². The predicted molar refractivity (Wildman–Crippen MR) is 61.2 cm³/mol. The second-order valence-corrected chi connectivity index (χ2v) is 4.24. The molecule has 92 valence electrons. The van der Waals surface area contributed by atoms with Gasteiger partial charge in [0.2, 0.25) is 0 Å². The summed E-state index contributed by atoms with van der Waals surface area (Å²) in [7, 11) is 0. The van der Waals surface area contributed by atoms with E-state index in [1.165, 1.54) is 12.1 Å². The summed E-state index contributed by atoms with van der Waals surface area (Å²) in [6, 6.07) is 3.75. The third kappa shape index (κ3) is 2.54. The summed E-state index contributed by atoms with van der Waals surface area (Å²) in [5, 5.41) is 15.7. The van der Waals surface area contributed by atoms with Gasteiger partial charge in [-0.1, -0.05) is 0 Å². The molecule has 1 heterocycles. The second kappa shape index (κ2) is 4.31. The lowest BCUT2D eigenvalue weighted by Gasteiger charge is -2.38. The van der Waals surface area contributed by atoms with Crippen LogP contribution in [0.3, 0.4) is 0 Å². The number of carbonyl (C=O) groups is 1. The Bertz CT molecular complexity index is 446. The molecule has 0 unspecified atom stereocenters. The maximum absolute atomic E-state index is 13.0. The van der Waals surface area contributed by atoms with Gasteiger partial charge >= 0.3 is 0 Å². The number of primary amides is 1. The van der Waals surface area contributed by atoms with Gasteiger partial charge in [-0.3, -0.25) is 4.79 Å². The Labute approximate surface area is 97.8 Å². The number of halogens is 1. The van der Waals surface area contributed by atoms with Crippen LogP contribution in [0.5, 0.6) is 0 Å². The largest absolute Gasteiger partial charge is 0.385 e. The average Bonchev–Trinajstić information content (AvgIpc) is 2.24. The van der Waals surface area contributed by atoms with Gasteiger partial charge in [-0.15, -0.1) is 0 Å². The van der Waals surface area contributed by atoms with E-state index in [1.54, 1.807) is 0 Å². The highest BCUT2D eigenvalue weighted by molar-refractivity contribution is 5.98. The molecule has 17 heavy (non-hydrogen) atoms. The standard InChI is InChI=1S/C11H14FN3O2/c12-7-1-2-9(8(3-7)10(13)16)15-6-11(17)4-14-5-11/h1-3,14-15,17H,4-6H2,(H2,13,16). The zero-order valence-corrected chi connectivity index (χ0v) is 9.16. The minimum Gasteiger partial charge on any atom is -0.385 e. The Morgan fingerprint density at radius 2 is 2.29 bits per heavy atom. The van der Waals surface area contributed by atoms with Crippen molar-refractivity contribution >= 4 is 11.6 Å². The zero-order chi connectivity index (χ0) is 12.5. The van der Waals surface area contributed by atoms with Gasteiger partial charge in [0.15, 0.2) is 0 Å². The number of nitrogens with two attached hydrogens (primary N) is 1. The molecule has 1 aliphatic heterocycles. The Morgan fingerprint density at radius 3 is 2.82 bits per heavy atom. The number of hydrogen-bond donors (Lipinski definition) is 4.